The highest BCUT2D eigenvalue weighted by Crippen LogP contribution is 2.31. The number of para-hydroxylation sites is 1. The summed E-state index contributed by atoms with van der Waals surface area (Å²) in [5.41, 5.74) is 5.93. The van der Waals surface area contributed by atoms with E-state index in [9.17, 15) is 4.79 Å². The zero-order valence-corrected chi connectivity index (χ0v) is 19.0. The number of hydrogen-bond donors (Lipinski definition) is 1. The van der Waals surface area contributed by atoms with Crippen LogP contribution in [0.15, 0.2) is 53.1 Å². The molecular weight excluding hydrogens is 402 g/mol. The lowest BCUT2D eigenvalue weighted by Gasteiger charge is -2.13. The van der Waals surface area contributed by atoms with Gasteiger partial charge in [0.1, 0.15) is 0 Å². The van der Waals surface area contributed by atoms with E-state index in [4.69, 9.17) is 4.52 Å². The van der Waals surface area contributed by atoms with Crippen LogP contribution in [-0.4, -0.2) is 25.8 Å². The second-order valence-electron chi connectivity index (χ2n) is 8.35. The largest absolute Gasteiger partial charge is 0.334 e. The number of carbonyl (C=O) groups is 1. The number of nitrogens with one attached hydrogen (secondary N) is 1. The molecule has 0 radical (unpaired) electrons. The molecule has 4 rings (SSSR count). The Morgan fingerprint density at radius 2 is 1.88 bits per heavy atom. The van der Waals surface area contributed by atoms with Crippen LogP contribution in [0.3, 0.4) is 0 Å². The van der Waals surface area contributed by atoms with Gasteiger partial charge in [0.25, 0.3) is 11.8 Å². The lowest BCUT2D eigenvalue weighted by molar-refractivity contribution is 0.102. The van der Waals surface area contributed by atoms with Gasteiger partial charge in [0.05, 0.1) is 23.5 Å². The summed E-state index contributed by atoms with van der Waals surface area (Å²) in [4.78, 5) is 17.6. The smallest absolute Gasteiger partial charge is 0.260 e. The Morgan fingerprint density at radius 1 is 1.09 bits per heavy atom. The molecule has 0 fully saturated rings. The number of aryl methyl sites for hydroxylation is 3. The van der Waals surface area contributed by atoms with Crippen LogP contribution in [-0.2, 0) is 6.54 Å². The number of rotatable bonds is 6. The number of amides is 1. The van der Waals surface area contributed by atoms with E-state index in [0.717, 1.165) is 22.5 Å². The van der Waals surface area contributed by atoms with Gasteiger partial charge in [0.2, 0.25) is 0 Å². The Balaban J connectivity index is 1.60. The molecule has 0 spiro atoms. The van der Waals surface area contributed by atoms with Crippen LogP contribution in [0.25, 0.3) is 11.5 Å². The van der Waals surface area contributed by atoms with Gasteiger partial charge in [-0.2, -0.15) is 10.1 Å². The van der Waals surface area contributed by atoms with E-state index in [1.807, 2.05) is 87.8 Å². The number of nitrogens with zero attached hydrogens (tertiary/aromatic N) is 4. The van der Waals surface area contributed by atoms with Crippen LogP contribution in [0.2, 0.25) is 0 Å². The summed E-state index contributed by atoms with van der Waals surface area (Å²) in [5, 5.41) is 11.6. The molecule has 4 aromatic rings. The fourth-order valence-corrected chi connectivity index (χ4v) is 3.60. The SMILES string of the molecule is Cc1cc(C)n(Cc2cccc(C(=O)Nc3c(C)cccc3-c3nc(C(C)C)no3)c2)n1. The first-order valence-electron chi connectivity index (χ1n) is 10.7. The molecule has 1 N–H and O–H groups in total. The Hall–Kier alpha value is -3.74. The topological polar surface area (TPSA) is 85.8 Å². The second kappa shape index (κ2) is 8.78. The molecule has 32 heavy (non-hydrogen) atoms. The molecule has 2 heterocycles. The van der Waals surface area contributed by atoms with Crippen LogP contribution in [0, 0.1) is 20.8 Å². The van der Waals surface area contributed by atoms with Crippen LogP contribution < -0.4 is 5.32 Å². The number of carbonyl (C=O) groups excluding carboxylic acids is 1. The molecule has 2 aromatic carbocycles. The highest BCUT2D eigenvalue weighted by Gasteiger charge is 2.18. The van der Waals surface area contributed by atoms with Gasteiger partial charge in [-0.1, -0.05) is 43.3 Å². The monoisotopic (exact) mass is 429 g/mol. The highest BCUT2D eigenvalue weighted by atomic mass is 16.5. The minimum Gasteiger partial charge on any atom is -0.334 e. The van der Waals surface area contributed by atoms with Gasteiger partial charge in [-0.3, -0.25) is 9.48 Å². The molecule has 0 bridgehead atoms. The van der Waals surface area contributed by atoms with Crippen LogP contribution in [0.5, 0.6) is 0 Å². The third-order valence-corrected chi connectivity index (χ3v) is 5.32. The zero-order valence-electron chi connectivity index (χ0n) is 19.0. The Bertz CT molecular complexity index is 1270. The predicted octanol–water partition coefficient (Wildman–Crippen LogP) is 5.28. The summed E-state index contributed by atoms with van der Waals surface area (Å²) >= 11 is 0. The predicted molar refractivity (Wildman–Crippen MR) is 124 cm³/mol. The standard InChI is InChI=1S/C25H27N5O2/c1-15(2)23-27-25(32-29-23)21-11-6-8-16(3)22(21)26-24(31)20-10-7-9-19(13-20)14-30-18(5)12-17(4)28-30/h6-13,15H,14H2,1-5H3,(H,26,31). The van der Waals surface area contributed by atoms with Crippen molar-refractivity contribution in [2.24, 2.45) is 0 Å². The molecule has 0 aliphatic carbocycles. The lowest BCUT2D eigenvalue weighted by atomic mass is 10.1. The van der Waals surface area contributed by atoms with Crippen molar-refractivity contribution < 1.29 is 9.32 Å². The van der Waals surface area contributed by atoms with E-state index >= 15 is 0 Å². The van der Waals surface area contributed by atoms with Gasteiger partial charge in [-0.25, -0.2) is 0 Å². The molecule has 7 heteroatoms. The molecule has 0 saturated heterocycles. The molecule has 2 aromatic heterocycles. The van der Waals surface area contributed by atoms with Crippen LogP contribution in [0.4, 0.5) is 5.69 Å². The van der Waals surface area contributed by atoms with Gasteiger partial charge < -0.3 is 9.84 Å². The summed E-state index contributed by atoms with van der Waals surface area (Å²) in [6.45, 7) is 10.6. The average molecular weight is 430 g/mol. The molecule has 1 amide bonds. The Labute approximate surface area is 187 Å². The maximum absolute atomic E-state index is 13.1. The third kappa shape index (κ3) is 4.46. The van der Waals surface area contributed by atoms with Crippen molar-refractivity contribution in [2.45, 2.75) is 47.1 Å². The van der Waals surface area contributed by atoms with E-state index in [1.54, 1.807) is 0 Å². The second-order valence-corrected chi connectivity index (χ2v) is 8.35. The van der Waals surface area contributed by atoms with Gasteiger partial charge in [-0.15, -0.1) is 0 Å². The molecule has 0 saturated carbocycles. The molecule has 0 aliphatic heterocycles. The van der Waals surface area contributed by atoms with Crippen molar-refractivity contribution in [3.8, 4) is 11.5 Å². The first kappa shape index (κ1) is 21.5. The summed E-state index contributed by atoms with van der Waals surface area (Å²) < 4.78 is 7.41. The number of aromatic nitrogens is 4. The maximum Gasteiger partial charge on any atom is 0.260 e. The minimum absolute atomic E-state index is 0.153. The molecule has 7 nitrogen and oxygen atoms in total. The number of hydrogen-bond acceptors (Lipinski definition) is 5. The van der Waals surface area contributed by atoms with Gasteiger partial charge in [0, 0.05) is 17.2 Å². The summed E-state index contributed by atoms with van der Waals surface area (Å²) in [7, 11) is 0. The molecule has 164 valence electrons. The Morgan fingerprint density at radius 3 is 2.56 bits per heavy atom. The van der Waals surface area contributed by atoms with E-state index in [0.29, 0.717) is 35.1 Å². The molecule has 0 unspecified atom stereocenters. The first-order chi connectivity index (χ1) is 15.3. The van der Waals surface area contributed by atoms with Crippen LogP contribution in [0.1, 0.15) is 58.5 Å². The van der Waals surface area contributed by atoms with Crippen LogP contribution >= 0.6 is 0 Å². The van der Waals surface area contributed by atoms with Crippen molar-refractivity contribution in [1.82, 2.24) is 19.9 Å². The Kier molecular flexibility index (Phi) is 5.90. The minimum atomic E-state index is -0.195. The van der Waals surface area contributed by atoms with Crippen molar-refractivity contribution in [3.05, 3.63) is 82.4 Å². The van der Waals surface area contributed by atoms with Gasteiger partial charge in [0.15, 0.2) is 5.82 Å². The summed E-state index contributed by atoms with van der Waals surface area (Å²) in [5.74, 6) is 0.987. The molecule has 0 aliphatic rings. The van der Waals surface area contributed by atoms with Crippen molar-refractivity contribution in [2.75, 3.05) is 5.32 Å². The first-order valence-corrected chi connectivity index (χ1v) is 10.7. The van der Waals surface area contributed by atoms with E-state index < -0.39 is 0 Å². The summed E-state index contributed by atoms with van der Waals surface area (Å²) in [6.07, 6.45) is 0. The number of benzene rings is 2. The quantitative estimate of drug-likeness (QED) is 0.450. The third-order valence-electron chi connectivity index (χ3n) is 5.32. The fraction of sp³-hybridized carbons (Fsp3) is 0.280. The normalized spacial score (nSPS) is 11.2. The van der Waals surface area contributed by atoms with Gasteiger partial charge in [-0.05, 0) is 56.2 Å². The average Bonchev–Trinajstić information content (AvgIpc) is 3.36. The maximum atomic E-state index is 13.1. The van der Waals surface area contributed by atoms with E-state index in [1.165, 1.54) is 0 Å². The van der Waals surface area contributed by atoms with Gasteiger partial charge >= 0.3 is 0 Å². The van der Waals surface area contributed by atoms with E-state index in [2.05, 4.69) is 20.6 Å². The lowest BCUT2D eigenvalue weighted by Crippen LogP contribution is -2.14. The molecule has 0 atom stereocenters. The van der Waals surface area contributed by atoms with Crippen molar-refractivity contribution in [1.29, 1.82) is 0 Å². The van der Waals surface area contributed by atoms with Crippen molar-refractivity contribution in [3.63, 3.8) is 0 Å². The van der Waals surface area contributed by atoms with Crippen molar-refractivity contribution >= 4 is 11.6 Å². The fourth-order valence-electron chi connectivity index (χ4n) is 3.60. The summed E-state index contributed by atoms with van der Waals surface area (Å²) in [6, 6.07) is 15.4. The molecular formula is C25H27N5O2. The number of anilines is 1. The zero-order chi connectivity index (χ0) is 22.8. The highest BCUT2D eigenvalue weighted by molar-refractivity contribution is 6.06. The van der Waals surface area contributed by atoms with E-state index in [-0.39, 0.29) is 11.8 Å².